The van der Waals surface area contributed by atoms with Gasteiger partial charge in [0.2, 0.25) is 0 Å². The molecule has 0 saturated heterocycles. The predicted molar refractivity (Wildman–Crippen MR) is 24.1 cm³/mol. The summed E-state index contributed by atoms with van der Waals surface area (Å²) in [6, 6.07) is 0. The van der Waals surface area contributed by atoms with E-state index in [9.17, 15) is 0 Å². The van der Waals surface area contributed by atoms with E-state index < -0.39 is 0 Å². The normalized spacial score (nSPS) is 20.8. The standard InChI is InChI=1S/C2H4N2S/c1-3-2-5-4-1/h2,4H,1H2. The second-order valence-corrected chi connectivity index (χ2v) is 1.44. The van der Waals surface area contributed by atoms with Gasteiger partial charge in [-0.15, -0.1) is 0 Å². The van der Waals surface area contributed by atoms with Gasteiger partial charge >= 0.3 is 0 Å². The molecular formula is C2H4N2S. The van der Waals surface area contributed by atoms with Crippen molar-refractivity contribution >= 4 is 17.5 Å². The van der Waals surface area contributed by atoms with Crippen LogP contribution in [0, 0.1) is 0 Å². The summed E-state index contributed by atoms with van der Waals surface area (Å²) in [5, 5.41) is 0. The number of hydrogen-bond acceptors (Lipinski definition) is 3. The van der Waals surface area contributed by atoms with Crippen LogP contribution in [0.4, 0.5) is 0 Å². The van der Waals surface area contributed by atoms with Crippen LogP contribution in [0.3, 0.4) is 0 Å². The Morgan fingerprint density at radius 2 is 3.00 bits per heavy atom. The number of aliphatic imine (C=N–C) groups is 1. The van der Waals surface area contributed by atoms with E-state index in [4.69, 9.17) is 0 Å². The lowest BCUT2D eigenvalue weighted by Gasteiger charge is -1.73. The highest BCUT2D eigenvalue weighted by Crippen LogP contribution is 1.90. The number of nitrogens with zero attached hydrogens (tertiary/aromatic N) is 1. The molecule has 0 radical (unpaired) electrons. The molecule has 0 aromatic heterocycles. The molecule has 0 fully saturated rings. The van der Waals surface area contributed by atoms with Crippen molar-refractivity contribution < 1.29 is 0 Å². The van der Waals surface area contributed by atoms with Gasteiger partial charge in [-0.2, -0.15) is 0 Å². The number of nitrogens with one attached hydrogen (secondary N) is 1. The van der Waals surface area contributed by atoms with Gasteiger partial charge in [0.1, 0.15) is 0 Å². The average molecular weight is 88.1 g/mol. The number of hydrogen-bond donors (Lipinski definition) is 1. The third-order valence-electron chi connectivity index (χ3n) is 0.366. The van der Waals surface area contributed by atoms with Gasteiger partial charge in [-0.3, -0.25) is 4.99 Å². The maximum Gasteiger partial charge on any atom is 0.0983 e. The minimum absolute atomic E-state index is 0.782. The first-order chi connectivity index (χ1) is 2.50. The van der Waals surface area contributed by atoms with Crippen LogP contribution in [0.1, 0.15) is 0 Å². The van der Waals surface area contributed by atoms with Crippen molar-refractivity contribution in [1.82, 2.24) is 4.72 Å². The zero-order chi connectivity index (χ0) is 3.54. The molecule has 0 aromatic rings. The van der Waals surface area contributed by atoms with Gasteiger partial charge < -0.3 is 0 Å². The van der Waals surface area contributed by atoms with E-state index in [1.54, 1.807) is 5.55 Å². The Morgan fingerprint density at radius 1 is 2.00 bits per heavy atom. The minimum Gasteiger partial charge on any atom is -0.269 e. The summed E-state index contributed by atoms with van der Waals surface area (Å²) in [5.41, 5.74) is 1.79. The van der Waals surface area contributed by atoms with E-state index in [-0.39, 0.29) is 0 Å². The van der Waals surface area contributed by atoms with E-state index in [2.05, 4.69) is 9.71 Å². The summed E-state index contributed by atoms with van der Waals surface area (Å²) in [7, 11) is 0. The van der Waals surface area contributed by atoms with Crippen LogP contribution in [0.15, 0.2) is 4.99 Å². The molecule has 0 aliphatic carbocycles. The van der Waals surface area contributed by atoms with Crippen molar-refractivity contribution in [2.75, 3.05) is 6.67 Å². The maximum atomic E-state index is 3.81. The zero-order valence-corrected chi connectivity index (χ0v) is 3.46. The quantitative estimate of drug-likeness (QED) is 0.428. The highest BCUT2D eigenvalue weighted by atomic mass is 32.2. The molecule has 3 heteroatoms. The second kappa shape index (κ2) is 1.43. The summed E-state index contributed by atoms with van der Waals surface area (Å²) in [4.78, 5) is 3.81. The number of rotatable bonds is 0. The molecule has 0 bridgehead atoms. The van der Waals surface area contributed by atoms with Gasteiger partial charge in [-0.25, -0.2) is 4.72 Å². The van der Waals surface area contributed by atoms with Crippen LogP contribution in [-0.4, -0.2) is 12.2 Å². The van der Waals surface area contributed by atoms with Crippen LogP contribution in [-0.2, 0) is 0 Å². The van der Waals surface area contributed by atoms with E-state index in [0.29, 0.717) is 0 Å². The van der Waals surface area contributed by atoms with Crippen molar-refractivity contribution in [2.45, 2.75) is 0 Å². The van der Waals surface area contributed by atoms with Gasteiger partial charge in [0.25, 0.3) is 0 Å². The lowest BCUT2D eigenvalue weighted by Crippen LogP contribution is -1.92. The minimum atomic E-state index is 0.782. The largest absolute Gasteiger partial charge is 0.269 e. The first kappa shape index (κ1) is 3.18. The third kappa shape index (κ3) is 0.629. The Kier molecular flexibility index (Phi) is 0.907. The van der Waals surface area contributed by atoms with Crippen molar-refractivity contribution in [2.24, 2.45) is 4.99 Å². The van der Waals surface area contributed by atoms with E-state index in [1.807, 2.05) is 0 Å². The smallest absolute Gasteiger partial charge is 0.0983 e. The Balaban J connectivity index is 2.32. The second-order valence-electron chi connectivity index (χ2n) is 0.708. The Morgan fingerprint density at radius 3 is 3.20 bits per heavy atom. The summed E-state index contributed by atoms with van der Waals surface area (Å²) in [6.45, 7) is 0.782. The lowest BCUT2D eigenvalue weighted by molar-refractivity contribution is 1.02. The SMILES string of the molecule is C1=NCNS1. The Hall–Kier alpha value is -0.0200. The summed E-state index contributed by atoms with van der Waals surface area (Å²) in [6.07, 6.45) is 0. The molecule has 0 amide bonds. The Labute approximate surface area is 34.8 Å². The molecule has 0 aromatic carbocycles. The maximum absolute atomic E-state index is 3.81. The molecule has 0 spiro atoms. The first-order valence-corrected chi connectivity index (χ1v) is 2.25. The fourth-order valence-corrected chi connectivity index (χ4v) is 0.559. The summed E-state index contributed by atoms with van der Waals surface area (Å²) in [5.74, 6) is 0. The molecule has 1 aliphatic rings. The van der Waals surface area contributed by atoms with Crippen molar-refractivity contribution in [3.8, 4) is 0 Å². The molecular weight excluding hydrogens is 84.1 g/mol. The molecule has 1 N–H and O–H groups in total. The lowest BCUT2D eigenvalue weighted by atomic mass is 11.2. The van der Waals surface area contributed by atoms with Gasteiger partial charge in [-0.1, -0.05) is 0 Å². The van der Waals surface area contributed by atoms with Crippen LogP contribution in [0.25, 0.3) is 0 Å². The van der Waals surface area contributed by atoms with E-state index in [1.165, 1.54) is 11.9 Å². The van der Waals surface area contributed by atoms with Crippen molar-refractivity contribution in [3.05, 3.63) is 0 Å². The highest BCUT2D eigenvalue weighted by Gasteiger charge is 1.83. The van der Waals surface area contributed by atoms with E-state index >= 15 is 0 Å². The molecule has 2 nitrogen and oxygen atoms in total. The summed E-state index contributed by atoms with van der Waals surface area (Å²) >= 11 is 1.53. The topological polar surface area (TPSA) is 24.4 Å². The molecule has 0 unspecified atom stereocenters. The highest BCUT2D eigenvalue weighted by molar-refractivity contribution is 8.10. The fraction of sp³-hybridized carbons (Fsp3) is 0.500. The predicted octanol–water partition coefficient (Wildman–Crippen LogP) is 0.224. The van der Waals surface area contributed by atoms with E-state index in [0.717, 1.165) is 6.67 Å². The first-order valence-electron chi connectivity index (χ1n) is 1.37. The third-order valence-corrected chi connectivity index (χ3v) is 0.917. The van der Waals surface area contributed by atoms with Crippen molar-refractivity contribution in [3.63, 3.8) is 0 Å². The van der Waals surface area contributed by atoms with Gasteiger partial charge in [-0.05, 0) is 11.9 Å². The summed E-state index contributed by atoms with van der Waals surface area (Å²) < 4.78 is 2.92. The zero-order valence-electron chi connectivity index (χ0n) is 2.64. The van der Waals surface area contributed by atoms with Gasteiger partial charge in [0.15, 0.2) is 0 Å². The fourth-order valence-electron chi connectivity index (χ4n) is 0.186. The van der Waals surface area contributed by atoms with Crippen molar-refractivity contribution in [1.29, 1.82) is 0 Å². The van der Waals surface area contributed by atoms with Crippen LogP contribution in [0.2, 0.25) is 0 Å². The van der Waals surface area contributed by atoms with Crippen LogP contribution < -0.4 is 4.72 Å². The average Bonchev–Trinajstić information content (AvgIpc) is 1.76. The molecule has 1 aliphatic heterocycles. The molecule has 5 heavy (non-hydrogen) atoms. The van der Waals surface area contributed by atoms with Gasteiger partial charge in [0, 0.05) is 0 Å². The van der Waals surface area contributed by atoms with Gasteiger partial charge in [0.05, 0.1) is 12.2 Å². The molecule has 1 rings (SSSR count). The molecule has 1 heterocycles. The molecule has 0 saturated carbocycles. The monoisotopic (exact) mass is 88.0 g/mol. The Bertz CT molecular complexity index is 45.6. The van der Waals surface area contributed by atoms with Crippen LogP contribution >= 0.6 is 11.9 Å². The van der Waals surface area contributed by atoms with Crippen LogP contribution in [0.5, 0.6) is 0 Å². The molecule has 0 atom stereocenters. The molecule has 28 valence electrons.